The average molecular weight is 1430 g/mol. The Balaban J connectivity index is 0.000000179. The number of allylic oxidation sites excluding steroid dienone is 1. The number of ketones is 2. The number of nitrogens with zero attached hydrogens (tertiary/aromatic N) is 5. The van der Waals surface area contributed by atoms with E-state index in [1.807, 2.05) is 70.2 Å². The summed E-state index contributed by atoms with van der Waals surface area (Å²) in [7, 11) is -8.94. The van der Waals surface area contributed by atoms with Crippen LogP contribution in [0.5, 0.6) is 17.6 Å². The number of carbonyl (C=O) groups excluding carboxylic acids is 3. The number of halogens is 2. The zero-order valence-electron chi connectivity index (χ0n) is 55.1. The van der Waals surface area contributed by atoms with Crippen molar-refractivity contribution >= 4 is 82.0 Å². The van der Waals surface area contributed by atoms with Crippen LogP contribution in [-0.4, -0.2) is 137 Å². The number of methoxy groups -OCH3 is 2. The zero-order valence-corrected chi connectivity index (χ0v) is 58.3. The highest BCUT2D eigenvalue weighted by atomic mass is 35.5. The number of likely N-dealkylation sites (tertiary alicyclic amines) is 1. The van der Waals surface area contributed by atoms with Crippen LogP contribution in [0.1, 0.15) is 98.8 Å². The van der Waals surface area contributed by atoms with E-state index in [9.17, 15) is 48.8 Å². The van der Waals surface area contributed by atoms with Crippen LogP contribution in [0.15, 0.2) is 147 Å². The van der Waals surface area contributed by atoms with Gasteiger partial charge in [0.15, 0.2) is 17.4 Å². The number of para-hydroxylation sites is 1. The molecule has 0 spiro atoms. The van der Waals surface area contributed by atoms with Gasteiger partial charge >= 0.3 is 6.01 Å². The monoisotopic (exact) mass is 1430 g/mol. The number of aliphatic hydroxyl groups excluding tert-OH is 2. The molecule has 0 bridgehead atoms. The molecule has 2 unspecified atom stereocenters. The maximum absolute atomic E-state index is 13.1. The second kappa shape index (κ2) is 34.8. The van der Waals surface area contributed by atoms with E-state index in [4.69, 9.17) is 46.9 Å². The molecule has 3 aromatic heterocycles. The van der Waals surface area contributed by atoms with Gasteiger partial charge in [0, 0.05) is 53.4 Å². The summed E-state index contributed by atoms with van der Waals surface area (Å²) in [5.41, 5.74) is 9.29. The molecule has 11 rings (SSSR count). The van der Waals surface area contributed by atoms with E-state index in [1.165, 1.54) is 87.9 Å². The maximum atomic E-state index is 13.1. The number of nitrogens with one attached hydrogen (secondary N) is 4. The largest absolute Gasteiger partial charge is 0.491 e. The summed E-state index contributed by atoms with van der Waals surface area (Å²) in [5.74, 6) is 0.948. The second-order valence-corrected chi connectivity index (χ2v) is 28.8. The van der Waals surface area contributed by atoms with Crippen LogP contribution in [0.25, 0.3) is 5.65 Å². The third-order valence-electron chi connectivity index (χ3n) is 16.9. The van der Waals surface area contributed by atoms with Gasteiger partial charge in [-0.15, -0.1) is 0 Å². The predicted molar refractivity (Wildman–Crippen MR) is 369 cm³/mol. The Labute approximate surface area is 574 Å². The molecule has 2 fully saturated rings. The third kappa shape index (κ3) is 20.6. The first-order chi connectivity index (χ1) is 46.5. The number of benzene rings is 4. The minimum absolute atomic E-state index is 0.00512. The van der Waals surface area contributed by atoms with E-state index in [-0.39, 0.29) is 80.5 Å². The molecular formula is C67H83ClFN11O15S3. The average Bonchev–Trinajstić information content (AvgIpc) is 0.823. The highest BCUT2D eigenvalue weighted by Crippen LogP contribution is 2.37. The van der Waals surface area contributed by atoms with Crippen LogP contribution in [0.2, 0.25) is 5.02 Å². The molecule has 26 nitrogen and oxygen atoms in total. The van der Waals surface area contributed by atoms with E-state index < -0.39 is 52.7 Å². The minimum atomic E-state index is -4.10. The number of ether oxygens (including phenoxy) is 3. The number of carbonyl (C=O) groups is 3. The van der Waals surface area contributed by atoms with Crippen molar-refractivity contribution in [1.82, 2.24) is 34.3 Å². The summed E-state index contributed by atoms with van der Waals surface area (Å²) in [6, 6.07) is 28.3. The smallest absolute Gasteiger partial charge is 0.321 e. The lowest BCUT2D eigenvalue weighted by atomic mass is 9.76. The molecule has 0 radical (unpaired) electrons. The maximum Gasteiger partial charge on any atom is 0.321 e. The topological polar surface area (TPSA) is 385 Å². The van der Waals surface area contributed by atoms with Crippen molar-refractivity contribution in [3.05, 3.63) is 171 Å². The van der Waals surface area contributed by atoms with E-state index in [0.29, 0.717) is 54.2 Å². The molecule has 528 valence electrons. The van der Waals surface area contributed by atoms with E-state index in [0.717, 1.165) is 74.0 Å². The third-order valence-corrected chi connectivity index (χ3v) is 21.2. The molecule has 1 amide bonds. The summed E-state index contributed by atoms with van der Waals surface area (Å²) in [6.45, 7) is 9.80. The minimum Gasteiger partial charge on any atom is -0.491 e. The second-order valence-electron chi connectivity index (χ2n) is 23.5. The molecular weight excluding hydrogens is 1350 g/mol. The molecule has 6 heterocycles. The first-order valence-corrected chi connectivity index (χ1v) is 36.4. The Morgan fingerprint density at radius 2 is 1.54 bits per heavy atom. The lowest BCUT2D eigenvalue weighted by Gasteiger charge is -2.31. The number of piperidine rings is 1. The van der Waals surface area contributed by atoms with Crippen molar-refractivity contribution in [2.45, 2.75) is 119 Å². The number of amides is 1. The number of sulfonamides is 3. The number of primary sulfonamides is 1. The predicted octanol–water partition coefficient (Wildman–Crippen LogP) is 7.49. The lowest BCUT2D eigenvalue weighted by molar-refractivity contribution is -0.140. The Hall–Kier alpha value is -8.46. The summed E-state index contributed by atoms with van der Waals surface area (Å²) >= 11 is 5.94. The van der Waals surface area contributed by atoms with E-state index in [1.54, 1.807) is 22.7 Å². The normalized spacial score (nSPS) is 16.9. The van der Waals surface area contributed by atoms with Gasteiger partial charge in [0.2, 0.25) is 31.8 Å². The summed E-state index contributed by atoms with van der Waals surface area (Å²) < 4.78 is 107. The number of rotatable bonds is 19. The van der Waals surface area contributed by atoms with Crippen LogP contribution in [0, 0.1) is 36.9 Å². The molecule has 4 aliphatic rings. The number of aryl methyl sites for hydroxylation is 2. The van der Waals surface area contributed by atoms with Gasteiger partial charge in [-0.1, -0.05) is 75.4 Å². The van der Waals surface area contributed by atoms with Gasteiger partial charge in [0.05, 0.1) is 42.6 Å². The quantitative estimate of drug-likeness (QED) is 0.0221. The van der Waals surface area contributed by atoms with Crippen molar-refractivity contribution in [2.24, 2.45) is 22.4 Å². The van der Waals surface area contributed by atoms with Gasteiger partial charge < -0.3 is 45.7 Å². The SMILES string of the molecule is CCC1(CC)C(=O)C=CNC1=O.COc1cc(NS(=O)(=O)c2ccc(N)cc2)nc(OC)n1.Cc1ccccc1OCC(O)CO.Cc1nc2ccccn2c(=O)c1CCN1CCC(C(=O)c2ccc(F)cc2)CC1.NS(=O)(=O)c1cc2c(cc1Cl)NC(CC1CCCC1)NS2(=O)=O. The molecule has 7 aromatic rings. The van der Waals surface area contributed by atoms with Crippen molar-refractivity contribution in [1.29, 1.82) is 0 Å². The van der Waals surface area contributed by atoms with Crippen LogP contribution in [0.3, 0.4) is 0 Å². The Morgan fingerprint density at radius 3 is 2.14 bits per heavy atom. The van der Waals surface area contributed by atoms with Gasteiger partial charge in [-0.25, -0.2) is 39.8 Å². The fourth-order valence-electron chi connectivity index (χ4n) is 11.3. The number of Topliss-reactive ketones (excluding diaryl/α,β-unsaturated/α-hetero) is 1. The number of fused-ring (bicyclic) bond motifs is 2. The standard InChI is InChI=1S/C23H24FN3O2.C13H18ClN3O4S2.C12H14N4O4S.C10H14O3.C9H13NO2/c1-16-20(23(29)27-12-3-2-4-21(27)25-16)11-15-26-13-9-18(10-14-26)22(28)17-5-7-19(24)8-6-17;14-9-6-10-12(7-11(9)22(15,18)19)23(20,21)17-13(16-10)5-8-3-1-2-4-8;1-19-11-7-10(14-12(15-11)20-2)16-21(17,18)9-5-3-8(13)4-6-9;1-8-4-2-3-5-10(8)13-7-9(12)6-11;1-3-9(4-2)7(11)5-6-10-8(9)12/h2-8,12,18H,9-11,13-15H2,1H3;6-8,13,16-17H,1-5H2,(H2,15,18,19);3-7H,13H2,1-2H3,(H,14,15,16);2-5,9,11-12H,6-7H2,1H3;5-6H,3-4H2,1-2H3,(H,10,12). The van der Waals surface area contributed by atoms with Crippen LogP contribution in [0.4, 0.5) is 21.6 Å². The van der Waals surface area contributed by atoms with Crippen LogP contribution in [-0.2, 0) is 46.1 Å². The lowest BCUT2D eigenvalue weighted by Crippen LogP contribution is -2.46. The number of pyridine rings is 1. The molecule has 31 heteroatoms. The summed E-state index contributed by atoms with van der Waals surface area (Å²) in [4.78, 5) is 62.4. The van der Waals surface area contributed by atoms with Crippen molar-refractivity contribution in [3.8, 4) is 17.6 Å². The van der Waals surface area contributed by atoms with E-state index >= 15 is 0 Å². The summed E-state index contributed by atoms with van der Waals surface area (Å²) in [6.07, 6.45) is 11.9. The highest BCUT2D eigenvalue weighted by Gasteiger charge is 2.42. The van der Waals surface area contributed by atoms with Crippen molar-refractivity contribution in [3.63, 3.8) is 0 Å². The Bertz CT molecular complexity index is 4340. The molecule has 1 saturated carbocycles. The fourth-order valence-corrected chi connectivity index (χ4v) is 14.8. The number of hydrogen-bond acceptors (Lipinski definition) is 21. The number of anilines is 3. The molecule has 4 aromatic carbocycles. The van der Waals surface area contributed by atoms with Crippen molar-refractivity contribution < 1.29 is 68.5 Å². The van der Waals surface area contributed by atoms with Gasteiger partial charge in [0.1, 0.15) is 45.1 Å². The first-order valence-electron chi connectivity index (χ1n) is 31.5. The molecule has 10 N–H and O–H groups in total. The molecule has 3 aliphatic heterocycles. The van der Waals surface area contributed by atoms with Gasteiger partial charge in [-0.05, 0) is 162 Å². The van der Waals surface area contributed by atoms with Gasteiger partial charge in [-0.2, -0.15) is 14.7 Å². The van der Waals surface area contributed by atoms with E-state index in [2.05, 4.69) is 39.9 Å². The molecule has 98 heavy (non-hydrogen) atoms. The number of aliphatic hydroxyl groups is 2. The number of aromatic nitrogens is 4. The first kappa shape index (κ1) is 76.9. The van der Waals surface area contributed by atoms with Crippen LogP contribution >= 0.6 is 11.6 Å². The molecule has 1 aliphatic carbocycles. The Morgan fingerprint density at radius 1 is 0.878 bits per heavy atom. The molecule has 1 saturated heterocycles. The molecule has 2 atom stereocenters. The van der Waals surface area contributed by atoms with Crippen LogP contribution < -0.4 is 50.7 Å². The summed E-state index contributed by atoms with van der Waals surface area (Å²) in [5, 5.41) is 28.2. The zero-order chi connectivity index (χ0) is 71.5. The van der Waals surface area contributed by atoms with Gasteiger partial charge in [0.25, 0.3) is 15.6 Å². The van der Waals surface area contributed by atoms with Crippen molar-refractivity contribution in [2.75, 3.05) is 62.8 Å². The number of hydrogen-bond donors (Lipinski definition) is 8. The highest BCUT2D eigenvalue weighted by molar-refractivity contribution is 7.92. The number of nitrogens with two attached hydrogens (primary N) is 2. The Kier molecular flexibility index (Phi) is 27.3. The fraction of sp³-hybridized carbons (Fsp3) is 0.388. The number of nitrogen functional groups attached to an aromatic ring is 1. The van der Waals surface area contributed by atoms with Gasteiger partial charge in [-0.3, -0.25) is 28.3 Å².